The number of nitrogens with zero attached hydrogens (tertiary/aromatic N) is 1. The van der Waals surface area contributed by atoms with Gasteiger partial charge in [0.25, 0.3) is 0 Å². The Bertz CT molecular complexity index is 1010. The summed E-state index contributed by atoms with van der Waals surface area (Å²) in [6, 6.07) is 16.5. The second-order valence-electron chi connectivity index (χ2n) is 10.5. The summed E-state index contributed by atoms with van der Waals surface area (Å²) >= 11 is 2.34. The first kappa shape index (κ1) is 25.8. The Morgan fingerprint density at radius 1 is 1.15 bits per heavy atom. The van der Waals surface area contributed by atoms with Gasteiger partial charge >= 0.3 is 0 Å². The van der Waals surface area contributed by atoms with E-state index in [4.69, 9.17) is 4.74 Å². The molecule has 2 heterocycles. The van der Waals surface area contributed by atoms with Crippen molar-refractivity contribution in [1.29, 1.82) is 0 Å². The van der Waals surface area contributed by atoms with Crippen LogP contribution in [0.25, 0.3) is 0 Å². The van der Waals surface area contributed by atoms with Gasteiger partial charge in [0, 0.05) is 15.7 Å². The quantitative estimate of drug-likeness (QED) is 0.366. The molecule has 5 atom stereocenters. The Morgan fingerprint density at radius 2 is 1.88 bits per heavy atom. The first-order valence-corrected chi connectivity index (χ1v) is 16.4. The average Bonchev–Trinajstić information content (AvgIpc) is 3.11. The zero-order valence-corrected chi connectivity index (χ0v) is 23.4. The highest BCUT2D eigenvalue weighted by Crippen LogP contribution is 2.46. The van der Waals surface area contributed by atoms with E-state index in [9.17, 15) is 14.7 Å². The molecule has 1 amide bonds. The third-order valence-corrected chi connectivity index (χ3v) is 10.8. The fraction of sp³-hybridized carbons (Fsp3) is 0.519. The average molecular weight is 594 g/mol. The van der Waals surface area contributed by atoms with Crippen LogP contribution in [0.1, 0.15) is 36.5 Å². The number of ether oxygens (including phenoxy) is 1. The van der Waals surface area contributed by atoms with Gasteiger partial charge in [-0.1, -0.05) is 43.3 Å². The molecule has 2 aliphatic rings. The van der Waals surface area contributed by atoms with Crippen LogP contribution in [0.2, 0.25) is 18.6 Å². The zero-order chi connectivity index (χ0) is 24.5. The van der Waals surface area contributed by atoms with Gasteiger partial charge in [0.1, 0.15) is 0 Å². The maximum Gasteiger partial charge on any atom is 0.225 e. The highest BCUT2D eigenvalue weighted by Gasteiger charge is 2.50. The molecule has 0 spiro atoms. The van der Waals surface area contributed by atoms with Crippen LogP contribution < -0.4 is 0 Å². The van der Waals surface area contributed by atoms with Crippen LogP contribution in [0, 0.1) is 9.49 Å². The third-order valence-electron chi connectivity index (χ3n) is 7.59. The number of fused-ring (bicyclic) bond motifs is 1. The van der Waals surface area contributed by atoms with E-state index in [1.54, 1.807) is 0 Å². The summed E-state index contributed by atoms with van der Waals surface area (Å²) in [5.41, 5.74) is 3.64. The van der Waals surface area contributed by atoms with Crippen LogP contribution in [-0.4, -0.2) is 53.9 Å². The van der Waals surface area contributed by atoms with Gasteiger partial charge in [0.2, 0.25) is 5.91 Å². The number of aliphatic hydroxyl groups excluding tert-OH is 1. The fourth-order valence-electron chi connectivity index (χ4n) is 5.94. The van der Waals surface area contributed by atoms with Crippen molar-refractivity contribution >= 4 is 36.8 Å². The highest BCUT2D eigenvalue weighted by molar-refractivity contribution is 14.1. The van der Waals surface area contributed by atoms with Gasteiger partial charge in [-0.2, -0.15) is 0 Å². The number of halogens is 1. The SMILES string of the molecule is C[C@@H]1[C@@H]([Si](C)(C)O)[C@H](CC(=O)N2Cc3ccccc3C[C@H]2CO)O[C@@H]1CCc1cccc(I)c1. The fourth-order valence-corrected chi connectivity index (χ4v) is 9.16. The Labute approximate surface area is 217 Å². The molecule has 2 aromatic carbocycles. The minimum absolute atomic E-state index is 0.00186. The van der Waals surface area contributed by atoms with E-state index >= 15 is 0 Å². The summed E-state index contributed by atoms with van der Waals surface area (Å²) in [5.74, 6) is 0.204. The molecule has 7 heteroatoms. The van der Waals surface area contributed by atoms with Crippen LogP contribution in [0.3, 0.4) is 0 Å². The van der Waals surface area contributed by atoms with E-state index in [-0.39, 0.29) is 48.6 Å². The van der Waals surface area contributed by atoms with Crippen molar-refractivity contribution < 1.29 is 19.4 Å². The van der Waals surface area contributed by atoms with Crippen LogP contribution in [-0.2, 0) is 28.9 Å². The summed E-state index contributed by atoms with van der Waals surface area (Å²) in [5, 5.41) is 10.0. The molecule has 0 unspecified atom stereocenters. The monoisotopic (exact) mass is 593 g/mol. The van der Waals surface area contributed by atoms with E-state index in [1.807, 2.05) is 30.1 Å². The van der Waals surface area contributed by atoms with Gasteiger partial charge in [0.15, 0.2) is 8.32 Å². The lowest BCUT2D eigenvalue weighted by molar-refractivity contribution is -0.138. The van der Waals surface area contributed by atoms with Gasteiger partial charge in [-0.25, -0.2) is 0 Å². The number of benzene rings is 2. The molecular weight excluding hydrogens is 557 g/mol. The maximum absolute atomic E-state index is 13.5. The standard InChI is InChI=1S/C27H36INO4Si/c1-18-24(12-11-19-7-6-10-22(28)13-19)33-25(27(18)34(2,3)32)15-26(31)29-16-21-9-5-4-8-20(21)14-23(29)17-30/h4-10,13,18,23-25,27,30,32H,11-12,14-17H2,1-3H3/t18-,23-,24+,25-,27+/m0/s1. The molecule has 5 nitrogen and oxygen atoms in total. The minimum Gasteiger partial charge on any atom is -0.432 e. The molecule has 0 radical (unpaired) electrons. The van der Waals surface area contributed by atoms with Crippen LogP contribution in [0.4, 0.5) is 0 Å². The largest absolute Gasteiger partial charge is 0.432 e. The van der Waals surface area contributed by atoms with E-state index in [2.05, 4.69) is 65.9 Å². The molecule has 34 heavy (non-hydrogen) atoms. The molecule has 0 aliphatic carbocycles. The van der Waals surface area contributed by atoms with Gasteiger partial charge in [0.05, 0.1) is 31.3 Å². The molecule has 1 saturated heterocycles. The topological polar surface area (TPSA) is 70.0 Å². The summed E-state index contributed by atoms with van der Waals surface area (Å²) in [4.78, 5) is 26.5. The normalized spacial score (nSPS) is 27.0. The molecule has 0 bridgehead atoms. The molecule has 4 rings (SSSR count). The smallest absolute Gasteiger partial charge is 0.225 e. The Balaban J connectivity index is 1.47. The van der Waals surface area contributed by atoms with Gasteiger partial charge in [-0.15, -0.1) is 0 Å². The summed E-state index contributed by atoms with van der Waals surface area (Å²) in [6.07, 6.45) is 2.46. The number of amides is 1. The maximum atomic E-state index is 13.5. The number of aliphatic hydroxyl groups is 1. The second kappa shape index (κ2) is 10.8. The van der Waals surface area contributed by atoms with Crippen molar-refractivity contribution in [2.24, 2.45) is 5.92 Å². The van der Waals surface area contributed by atoms with E-state index in [0.717, 1.165) is 18.4 Å². The summed E-state index contributed by atoms with van der Waals surface area (Å²) in [7, 11) is -2.55. The summed E-state index contributed by atoms with van der Waals surface area (Å²) < 4.78 is 7.75. The molecule has 0 saturated carbocycles. The molecule has 2 aliphatic heterocycles. The second-order valence-corrected chi connectivity index (χ2v) is 15.7. The molecule has 2 aromatic rings. The lowest BCUT2D eigenvalue weighted by atomic mass is 9.93. The van der Waals surface area contributed by atoms with Crippen molar-refractivity contribution in [3.63, 3.8) is 0 Å². The lowest BCUT2D eigenvalue weighted by Crippen LogP contribution is -2.48. The molecular formula is C27H36INO4Si. The van der Waals surface area contributed by atoms with Crippen LogP contribution in [0.15, 0.2) is 48.5 Å². The van der Waals surface area contributed by atoms with Crippen molar-refractivity contribution in [3.8, 4) is 0 Å². The number of carbonyl (C=O) groups excluding carboxylic acids is 1. The highest BCUT2D eigenvalue weighted by atomic mass is 127. The van der Waals surface area contributed by atoms with Gasteiger partial charge in [-0.3, -0.25) is 4.79 Å². The van der Waals surface area contributed by atoms with Crippen molar-refractivity contribution in [1.82, 2.24) is 4.90 Å². The lowest BCUT2D eigenvalue weighted by Gasteiger charge is -2.37. The number of hydrogen-bond acceptors (Lipinski definition) is 4. The van der Waals surface area contributed by atoms with E-state index in [1.165, 1.54) is 14.7 Å². The van der Waals surface area contributed by atoms with E-state index in [0.29, 0.717) is 13.0 Å². The number of carbonyl (C=O) groups is 1. The first-order valence-electron chi connectivity index (χ1n) is 12.3. The molecule has 0 aromatic heterocycles. The third kappa shape index (κ3) is 5.75. The number of aryl methyl sites for hydroxylation is 1. The molecule has 2 N–H and O–H groups in total. The predicted octanol–water partition coefficient (Wildman–Crippen LogP) is 4.53. The first-order chi connectivity index (χ1) is 16.2. The van der Waals surface area contributed by atoms with Crippen LogP contribution in [0.5, 0.6) is 0 Å². The van der Waals surface area contributed by atoms with E-state index < -0.39 is 8.32 Å². The Kier molecular flexibility index (Phi) is 8.19. The molecule has 1 fully saturated rings. The minimum atomic E-state index is -2.55. The van der Waals surface area contributed by atoms with Crippen molar-refractivity contribution in [3.05, 3.63) is 68.8 Å². The number of rotatable bonds is 7. The number of hydrogen-bond donors (Lipinski definition) is 2. The Hall–Kier alpha value is -1.26. The predicted molar refractivity (Wildman–Crippen MR) is 145 cm³/mol. The van der Waals surface area contributed by atoms with Crippen molar-refractivity contribution in [2.75, 3.05) is 6.61 Å². The molecule has 184 valence electrons. The van der Waals surface area contributed by atoms with Gasteiger partial charge < -0.3 is 19.5 Å². The van der Waals surface area contributed by atoms with Gasteiger partial charge in [-0.05, 0) is 89.7 Å². The Morgan fingerprint density at radius 3 is 2.56 bits per heavy atom. The van der Waals surface area contributed by atoms with Crippen LogP contribution >= 0.6 is 22.6 Å². The van der Waals surface area contributed by atoms with Crippen molar-refractivity contribution in [2.45, 2.75) is 76.0 Å². The zero-order valence-electron chi connectivity index (χ0n) is 20.3. The summed E-state index contributed by atoms with van der Waals surface area (Å²) in [6.45, 7) is 6.57.